The van der Waals surface area contributed by atoms with E-state index in [9.17, 15) is 4.79 Å². The maximum Gasteiger partial charge on any atom is 0.223 e. The Balaban J connectivity index is 1.74. The number of nitrogens with one attached hydrogen (secondary N) is 1. The molecule has 2 aromatic carbocycles. The van der Waals surface area contributed by atoms with Crippen molar-refractivity contribution in [3.8, 4) is 17.2 Å². The third kappa shape index (κ3) is 7.14. The molecular formula is C23H31NO4. The fraction of sp³-hybridized carbons (Fsp3) is 0.435. The molecule has 0 atom stereocenters. The lowest BCUT2D eigenvalue weighted by Crippen LogP contribution is -2.27. The van der Waals surface area contributed by atoms with Crippen LogP contribution in [-0.2, 0) is 11.2 Å². The van der Waals surface area contributed by atoms with E-state index >= 15 is 0 Å². The van der Waals surface area contributed by atoms with Gasteiger partial charge in [0, 0.05) is 6.54 Å². The minimum atomic E-state index is -0.0136. The minimum Gasteiger partial charge on any atom is -0.493 e. The Labute approximate surface area is 168 Å². The first-order valence-electron chi connectivity index (χ1n) is 9.88. The molecule has 0 unspecified atom stereocenters. The third-order valence-corrected chi connectivity index (χ3v) is 4.14. The predicted octanol–water partition coefficient (Wildman–Crippen LogP) is 4.23. The van der Waals surface area contributed by atoms with E-state index in [2.05, 4.69) is 11.4 Å². The molecule has 0 spiro atoms. The molecular weight excluding hydrogens is 354 g/mol. The van der Waals surface area contributed by atoms with Crippen molar-refractivity contribution in [3.05, 3.63) is 53.1 Å². The van der Waals surface area contributed by atoms with Crippen LogP contribution in [0.5, 0.6) is 17.2 Å². The lowest BCUT2D eigenvalue weighted by atomic mass is 10.1. The standard InChI is InChI=1S/C23H31NO4/c1-5-26-21-8-7-19(16-22(21)27-6-2)9-11-24-23(25)10-12-28-20-14-17(3)13-18(4)15-20/h7-8,13-16H,5-6,9-12H2,1-4H3,(H,24,25). The second-order valence-corrected chi connectivity index (χ2v) is 6.67. The molecule has 5 heteroatoms. The number of hydrogen-bond acceptors (Lipinski definition) is 4. The zero-order chi connectivity index (χ0) is 20.4. The van der Waals surface area contributed by atoms with Crippen molar-refractivity contribution in [2.45, 2.75) is 40.5 Å². The van der Waals surface area contributed by atoms with Gasteiger partial charge in [-0.05, 0) is 75.1 Å². The summed E-state index contributed by atoms with van der Waals surface area (Å²) >= 11 is 0. The number of aryl methyl sites for hydroxylation is 2. The van der Waals surface area contributed by atoms with Crippen LogP contribution in [0.3, 0.4) is 0 Å². The van der Waals surface area contributed by atoms with Crippen LogP contribution in [0.1, 0.15) is 37.0 Å². The monoisotopic (exact) mass is 385 g/mol. The molecule has 5 nitrogen and oxygen atoms in total. The smallest absolute Gasteiger partial charge is 0.223 e. The summed E-state index contributed by atoms with van der Waals surface area (Å²) in [6, 6.07) is 12.0. The van der Waals surface area contributed by atoms with Crippen molar-refractivity contribution in [1.82, 2.24) is 5.32 Å². The van der Waals surface area contributed by atoms with Crippen LogP contribution in [0.15, 0.2) is 36.4 Å². The summed E-state index contributed by atoms with van der Waals surface area (Å²) in [5.74, 6) is 2.29. The number of carbonyl (C=O) groups is 1. The van der Waals surface area contributed by atoms with Crippen molar-refractivity contribution < 1.29 is 19.0 Å². The number of hydrogen-bond donors (Lipinski definition) is 1. The van der Waals surface area contributed by atoms with Gasteiger partial charge in [0.1, 0.15) is 5.75 Å². The SMILES string of the molecule is CCOc1ccc(CCNC(=O)CCOc2cc(C)cc(C)c2)cc1OCC. The maximum atomic E-state index is 12.0. The van der Waals surface area contributed by atoms with Gasteiger partial charge in [-0.3, -0.25) is 4.79 Å². The fourth-order valence-corrected chi connectivity index (χ4v) is 2.96. The molecule has 0 radical (unpaired) electrons. The highest BCUT2D eigenvalue weighted by Crippen LogP contribution is 2.28. The lowest BCUT2D eigenvalue weighted by molar-refractivity contribution is -0.121. The second kappa shape index (κ2) is 11.2. The molecule has 0 aliphatic heterocycles. The van der Waals surface area contributed by atoms with Gasteiger partial charge in [-0.2, -0.15) is 0 Å². The van der Waals surface area contributed by atoms with Gasteiger partial charge in [0.05, 0.1) is 26.2 Å². The first-order chi connectivity index (χ1) is 13.5. The summed E-state index contributed by atoms with van der Waals surface area (Å²) in [5, 5.41) is 2.94. The average Bonchev–Trinajstić information content (AvgIpc) is 2.63. The number of rotatable bonds is 11. The topological polar surface area (TPSA) is 56.8 Å². The van der Waals surface area contributed by atoms with E-state index in [0.29, 0.717) is 32.8 Å². The molecule has 1 N–H and O–H groups in total. The molecule has 0 fully saturated rings. The second-order valence-electron chi connectivity index (χ2n) is 6.67. The number of ether oxygens (including phenoxy) is 3. The summed E-state index contributed by atoms with van der Waals surface area (Å²) in [6.45, 7) is 10.1. The van der Waals surface area contributed by atoms with Gasteiger partial charge in [-0.1, -0.05) is 12.1 Å². The molecule has 0 saturated heterocycles. The van der Waals surface area contributed by atoms with Gasteiger partial charge < -0.3 is 19.5 Å². The van der Waals surface area contributed by atoms with E-state index in [-0.39, 0.29) is 5.91 Å². The van der Waals surface area contributed by atoms with Crippen LogP contribution in [0.25, 0.3) is 0 Å². The molecule has 0 saturated carbocycles. The molecule has 0 aliphatic carbocycles. The Morgan fingerprint density at radius 2 is 1.57 bits per heavy atom. The fourth-order valence-electron chi connectivity index (χ4n) is 2.96. The summed E-state index contributed by atoms with van der Waals surface area (Å²) in [4.78, 5) is 12.0. The van der Waals surface area contributed by atoms with E-state index in [1.54, 1.807) is 0 Å². The summed E-state index contributed by atoms with van der Waals surface area (Å²) < 4.78 is 16.9. The van der Waals surface area contributed by atoms with Gasteiger partial charge in [0.2, 0.25) is 5.91 Å². The third-order valence-electron chi connectivity index (χ3n) is 4.14. The van der Waals surface area contributed by atoms with Crippen LogP contribution < -0.4 is 19.5 Å². The summed E-state index contributed by atoms with van der Waals surface area (Å²) in [6.07, 6.45) is 1.07. The number of carbonyl (C=O) groups excluding carboxylic acids is 1. The molecule has 152 valence electrons. The molecule has 0 bridgehead atoms. The zero-order valence-electron chi connectivity index (χ0n) is 17.3. The van der Waals surface area contributed by atoms with Gasteiger partial charge in [-0.15, -0.1) is 0 Å². The number of benzene rings is 2. The van der Waals surface area contributed by atoms with E-state index in [1.165, 1.54) is 0 Å². The normalized spacial score (nSPS) is 10.4. The van der Waals surface area contributed by atoms with Crippen LogP contribution >= 0.6 is 0 Å². The first-order valence-corrected chi connectivity index (χ1v) is 9.88. The molecule has 1 amide bonds. The van der Waals surface area contributed by atoms with Crippen molar-refractivity contribution in [3.63, 3.8) is 0 Å². The first kappa shape index (κ1) is 21.6. The van der Waals surface area contributed by atoms with Gasteiger partial charge >= 0.3 is 0 Å². The summed E-state index contributed by atoms with van der Waals surface area (Å²) in [7, 11) is 0. The van der Waals surface area contributed by atoms with E-state index in [1.807, 2.05) is 58.0 Å². The minimum absolute atomic E-state index is 0.0136. The van der Waals surface area contributed by atoms with Crippen LogP contribution in [0.2, 0.25) is 0 Å². The Morgan fingerprint density at radius 3 is 2.25 bits per heavy atom. The van der Waals surface area contributed by atoms with Crippen molar-refractivity contribution in [1.29, 1.82) is 0 Å². The van der Waals surface area contributed by atoms with Crippen LogP contribution in [0.4, 0.5) is 0 Å². The average molecular weight is 386 g/mol. The molecule has 28 heavy (non-hydrogen) atoms. The predicted molar refractivity (Wildman–Crippen MR) is 112 cm³/mol. The molecule has 0 aliphatic rings. The Bertz CT molecular complexity index is 753. The van der Waals surface area contributed by atoms with Crippen LogP contribution in [-0.4, -0.2) is 32.3 Å². The van der Waals surface area contributed by atoms with E-state index < -0.39 is 0 Å². The van der Waals surface area contributed by atoms with Crippen molar-refractivity contribution >= 4 is 5.91 Å². The van der Waals surface area contributed by atoms with Gasteiger partial charge in [-0.25, -0.2) is 0 Å². The van der Waals surface area contributed by atoms with E-state index in [4.69, 9.17) is 14.2 Å². The number of amides is 1. The quantitative estimate of drug-likeness (QED) is 0.629. The highest BCUT2D eigenvalue weighted by molar-refractivity contribution is 5.76. The highest BCUT2D eigenvalue weighted by atomic mass is 16.5. The highest BCUT2D eigenvalue weighted by Gasteiger charge is 2.07. The van der Waals surface area contributed by atoms with Crippen molar-refractivity contribution in [2.75, 3.05) is 26.4 Å². The van der Waals surface area contributed by atoms with Crippen LogP contribution in [0, 0.1) is 13.8 Å². The molecule has 0 heterocycles. The van der Waals surface area contributed by atoms with Gasteiger partial charge in [0.15, 0.2) is 11.5 Å². The van der Waals surface area contributed by atoms with Gasteiger partial charge in [0.25, 0.3) is 0 Å². The molecule has 2 aromatic rings. The lowest BCUT2D eigenvalue weighted by Gasteiger charge is -2.13. The molecule has 0 aromatic heterocycles. The molecule has 2 rings (SSSR count). The summed E-state index contributed by atoms with van der Waals surface area (Å²) in [5.41, 5.74) is 3.40. The Morgan fingerprint density at radius 1 is 0.893 bits per heavy atom. The maximum absolute atomic E-state index is 12.0. The van der Waals surface area contributed by atoms with Crippen molar-refractivity contribution in [2.24, 2.45) is 0 Å². The Hall–Kier alpha value is -2.69. The Kier molecular flexibility index (Phi) is 8.66. The van der Waals surface area contributed by atoms with E-state index in [0.717, 1.165) is 40.4 Å². The zero-order valence-corrected chi connectivity index (χ0v) is 17.3. The largest absolute Gasteiger partial charge is 0.493 e.